The van der Waals surface area contributed by atoms with Gasteiger partial charge < -0.3 is 14.6 Å². The van der Waals surface area contributed by atoms with E-state index < -0.39 is 5.60 Å². The van der Waals surface area contributed by atoms with Crippen LogP contribution in [0.2, 0.25) is 0 Å². The minimum Gasteiger partial charge on any atom is -0.508 e. The van der Waals surface area contributed by atoms with Crippen molar-refractivity contribution < 1.29 is 14.6 Å². The van der Waals surface area contributed by atoms with Gasteiger partial charge in [-0.05, 0) is 89.1 Å². The van der Waals surface area contributed by atoms with E-state index in [1.54, 1.807) is 19.2 Å². The average Bonchev–Trinajstić information content (AvgIpc) is 3.74. The Kier molecular flexibility index (Phi) is 4.89. The van der Waals surface area contributed by atoms with Crippen LogP contribution in [0.25, 0.3) is 28.0 Å². The van der Waals surface area contributed by atoms with E-state index in [1.165, 1.54) is 58.9 Å². The highest BCUT2D eigenvalue weighted by atomic mass is 16.5. The normalized spacial score (nSPS) is 26.2. The molecule has 2 saturated carbocycles. The minimum absolute atomic E-state index is 0.0370. The first-order valence-electron chi connectivity index (χ1n) is 15.1. The van der Waals surface area contributed by atoms with Gasteiger partial charge in [0, 0.05) is 27.5 Å². The Balaban J connectivity index is 1.35. The van der Waals surface area contributed by atoms with Gasteiger partial charge in [-0.25, -0.2) is 0 Å². The Morgan fingerprint density at radius 2 is 1.52 bits per heavy atom. The number of rotatable bonds is 3. The summed E-state index contributed by atoms with van der Waals surface area (Å²) in [6.07, 6.45) is 9.79. The summed E-state index contributed by atoms with van der Waals surface area (Å²) in [5.74, 6) is 3.45. The lowest BCUT2D eigenvalue weighted by molar-refractivity contribution is 0.163. The van der Waals surface area contributed by atoms with E-state index >= 15 is 0 Å². The third-order valence-corrected chi connectivity index (χ3v) is 10.7. The SMILES string of the molecule is COc1ccc(C2(c3ccc(O)cc3)C=Cc3c4c(c5ccccc5c3O2)-c2ccccc2C42CC3CCC2C3)cc1. The van der Waals surface area contributed by atoms with Crippen molar-refractivity contribution in [3.05, 3.63) is 131 Å². The van der Waals surface area contributed by atoms with Crippen LogP contribution in [0.5, 0.6) is 17.2 Å². The minimum atomic E-state index is -0.864. The maximum absolute atomic E-state index is 10.2. The van der Waals surface area contributed by atoms with Gasteiger partial charge in [0.05, 0.1) is 7.11 Å². The second-order valence-electron chi connectivity index (χ2n) is 12.6. The largest absolute Gasteiger partial charge is 0.508 e. The number of phenolic OH excluding ortho intramolecular Hbond substituents is 1. The zero-order chi connectivity index (χ0) is 28.1. The molecule has 0 radical (unpaired) electrons. The van der Waals surface area contributed by atoms with Crippen molar-refractivity contribution in [2.45, 2.75) is 36.7 Å². The van der Waals surface area contributed by atoms with Gasteiger partial charge >= 0.3 is 0 Å². The Hall–Kier alpha value is -4.50. The summed E-state index contributed by atoms with van der Waals surface area (Å²) in [7, 11) is 1.69. The Morgan fingerprint density at radius 1 is 0.810 bits per heavy atom. The molecule has 0 amide bonds. The molecule has 1 spiro atoms. The molecule has 5 aromatic carbocycles. The van der Waals surface area contributed by atoms with Crippen molar-refractivity contribution >= 4 is 16.8 Å². The molecule has 4 aliphatic rings. The quantitative estimate of drug-likeness (QED) is 0.245. The van der Waals surface area contributed by atoms with Crippen LogP contribution >= 0.6 is 0 Å². The van der Waals surface area contributed by atoms with E-state index in [-0.39, 0.29) is 11.2 Å². The maximum atomic E-state index is 10.2. The molecule has 2 bridgehead atoms. The van der Waals surface area contributed by atoms with Crippen LogP contribution in [0.15, 0.2) is 103 Å². The first kappa shape index (κ1) is 24.1. The molecule has 1 N–H and O–H groups in total. The Bertz CT molecular complexity index is 1920. The molecule has 9 rings (SSSR count). The van der Waals surface area contributed by atoms with Crippen LogP contribution in [0.4, 0.5) is 0 Å². The molecular weight excluding hydrogens is 516 g/mol. The summed E-state index contributed by atoms with van der Waals surface area (Å²) in [5, 5.41) is 12.6. The molecule has 206 valence electrons. The predicted octanol–water partition coefficient (Wildman–Crippen LogP) is 8.99. The number of hydrogen-bond donors (Lipinski definition) is 1. The fourth-order valence-electron chi connectivity index (χ4n) is 9.05. The standard InChI is InChI=1S/C39H32O3/c1-41-29-18-14-26(15-19-29)39(25-12-16-28(40)17-13-25)21-20-33-36-35(30-6-2-3-7-31(30)37(33)42-39)32-8-4-5-9-34(32)38(36)23-24-10-11-27(38)22-24/h2-9,12-21,24,27,40H,10-11,22-23H2,1H3. The van der Waals surface area contributed by atoms with E-state index in [4.69, 9.17) is 9.47 Å². The Labute approximate surface area is 246 Å². The van der Waals surface area contributed by atoms with Crippen molar-refractivity contribution in [1.82, 2.24) is 0 Å². The highest BCUT2D eigenvalue weighted by Crippen LogP contribution is 2.68. The smallest absolute Gasteiger partial charge is 0.178 e. The van der Waals surface area contributed by atoms with Crippen LogP contribution in [0.3, 0.4) is 0 Å². The van der Waals surface area contributed by atoms with E-state index in [9.17, 15) is 5.11 Å². The van der Waals surface area contributed by atoms with Gasteiger partial charge in [-0.3, -0.25) is 0 Å². The van der Waals surface area contributed by atoms with Gasteiger partial charge in [0.1, 0.15) is 17.2 Å². The van der Waals surface area contributed by atoms with Crippen LogP contribution in [0.1, 0.15) is 53.5 Å². The third-order valence-electron chi connectivity index (χ3n) is 10.7. The topological polar surface area (TPSA) is 38.7 Å². The monoisotopic (exact) mass is 548 g/mol. The second-order valence-corrected chi connectivity index (χ2v) is 12.6. The van der Waals surface area contributed by atoms with Crippen LogP contribution in [-0.2, 0) is 11.0 Å². The van der Waals surface area contributed by atoms with E-state index in [1.807, 2.05) is 24.3 Å². The second kappa shape index (κ2) is 8.51. The summed E-state index contributed by atoms with van der Waals surface area (Å²) in [6, 6.07) is 33.6. The molecular formula is C39H32O3. The third kappa shape index (κ3) is 3.01. The summed E-state index contributed by atoms with van der Waals surface area (Å²) in [4.78, 5) is 0. The van der Waals surface area contributed by atoms with Crippen molar-refractivity contribution in [3.8, 4) is 28.4 Å². The van der Waals surface area contributed by atoms with Crippen molar-refractivity contribution in [2.24, 2.45) is 11.8 Å². The highest BCUT2D eigenvalue weighted by Gasteiger charge is 2.58. The molecule has 2 fully saturated rings. The fraction of sp³-hybridized carbons (Fsp3) is 0.231. The van der Waals surface area contributed by atoms with E-state index in [2.05, 4.69) is 72.8 Å². The molecule has 0 aromatic heterocycles. The molecule has 4 unspecified atom stereocenters. The number of hydrogen-bond acceptors (Lipinski definition) is 3. The van der Waals surface area contributed by atoms with E-state index in [0.29, 0.717) is 5.92 Å². The first-order chi connectivity index (χ1) is 20.6. The van der Waals surface area contributed by atoms with Gasteiger partial charge in [-0.2, -0.15) is 0 Å². The molecule has 3 nitrogen and oxygen atoms in total. The summed E-state index contributed by atoms with van der Waals surface area (Å²) in [5.41, 5.74) is 8.19. The molecule has 3 heteroatoms. The summed E-state index contributed by atoms with van der Waals surface area (Å²) < 4.78 is 12.9. The zero-order valence-electron chi connectivity index (χ0n) is 23.6. The molecule has 42 heavy (non-hydrogen) atoms. The fourth-order valence-corrected chi connectivity index (χ4v) is 9.05. The van der Waals surface area contributed by atoms with Crippen molar-refractivity contribution in [2.75, 3.05) is 7.11 Å². The molecule has 1 aliphatic heterocycles. The lowest BCUT2D eigenvalue weighted by atomic mass is 9.65. The number of fused-ring (bicyclic) bond motifs is 13. The Morgan fingerprint density at radius 3 is 2.24 bits per heavy atom. The summed E-state index contributed by atoms with van der Waals surface area (Å²) in [6.45, 7) is 0. The van der Waals surface area contributed by atoms with E-state index in [0.717, 1.165) is 33.9 Å². The number of aromatic hydroxyl groups is 1. The van der Waals surface area contributed by atoms with Crippen molar-refractivity contribution in [1.29, 1.82) is 0 Å². The number of phenols is 1. The zero-order valence-corrected chi connectivity index (χ0v) is 23.6. The number of ether oxygens (including phenoxy) is 2. The first-order valence-corrected chi connectivity index (χ1v) is 15.1. The lowest BCUT2D eigenvalue weighted by Crippen LogP contribution is -2.36. The van der Waals surface area contributed by atoms with Gasteiger partial charge in [0.15, 0.2) is 5.60 Å². The van der Waals surface area contributed by atoms with Crippen LogP contribution in [0, 0.1) is 11.8 Å². The maximum Gasteiger partial charge on any atom is 0.178 e. The van der Waals surface area contributed by atoms with Gasteiger partial charge in [0.2, 0.25) is 0 Å². The average molecular weight is 549 g/mol. The molecule has 0 saturated heterocycles. The van der Waals surface area contributed by atoms with Crippen molar-refractivity contribution in [3.63, 3.8) is 0 Å². The molecule has 4 atom stereocenters. The van der Waals surface area contributed by atoms with Crippen LogP contribution < -0.4 is 9.47 Å². The number of methoxy groups -OCH3 is 1. The van der Waals surface area contributed by atoms with Gasteiger partial charge in [-0.1, -0.05) is 85.3 Å². The van der Waals surface area contributed by atoms with Crippen LogP contribution in [-0.4, -0.2) is 12.2 Å². The lowest BCUT2D eigenvalue weighted by Gasteiger charge is -2.41. The highest BCUT2D eigenvalue weighted by molar-refractivity contribution is 6.08. The molecule has 3 aliphatic carbocycles. The predicted molar refractivity (Wildman–Crippen MR) is 167 cm³/mol. The molecule has 1 heterocycles. The van der Waals surface area contributed by atoms with Gasteiger partial charge in [0.25, 0.3) is 0 Å². The number of benzene rings is 5. The van der Waals surface area contributed by atoms with Gasteiger partial charge in [-0.15, -0.1) is 0 Å². The molecule has 5 aromatic rings. The summed E-state index contributed by atoms with van der Waals surface area (Å²) >= 11 is 0.